The predicted octanol–water partition coefficient (Wildman–Crippen LogP) is 1.61. The quantitative estimate of drug-likeness (QED) is 0.838. The Morgan fingerprint density at radius 2 is 2.25 bits per heavy atom. The lowest BCUT2D eigenvalue weighted by Crippen LogP contribution is -2.16. The maximum Gasteiger partial charge on any atom is 0.128 e. The van der Waals surface area contributed by atoms with Gasteiger partial charge in [0.25, 0.3) is 0 Å². The Morgan fingerprint density at radius 3 is 3.00 bits per heavy atom. The third-order valence-corrected chi connectivity index (χ3v) is 2.95. The highest BCUT2D eigenvalue weighted by Gasteiger charge is 2.20. The zero-order valence-electron chi connectivity index (χ0n) is 9.94. The molecule has 0 spiro atoms. The second-order valence-electron chi connectivity index (χ2n) is 4.54. The number of hydrogen-bond donors (Lipinski definition) is 1. The first-order valence-corrected chi connectivity index (χ1v) is 5.76. The molecule has 1 aliphatic rings. The molecule has 1 N–H and O–H groups in total. The number of rotatable bonds is 4. The molecule has 3 heteroatoms. The van der Waals surface area contributed by atoms with Gasteiger partial charge in [-0.2, -0.15) is 0 Å². The number of ether oxygens (including phenoxy) is 1. The van der Waals surface area contributed by atoms with Crippen molar-refractivity contribution in [2.75, 3.05) is 27.2 Å². The van der Waals surface area contributed by atoms with Gasteiger partial charge in [0.05, 0.1) is 12.7 Å². The maximum absolute atomic E-state index is 10.1. The lowest BCUT2D eigenvalue weighted by Gasteiger charge is -2.16. The molecule has 3 nitrogen and oxygen atoms in total. The molecule has 88 valence electrons. The van der Waals surface area contributed by atoms with Crippen LogP contribution in [-0.2, 0) is 6.42 Å². The summed E-state index contributed by atoms with van der Waals surface area (Å²) in [6.07, 6.45) is 1.28. The minimum absolute atomic E-state index is 0.421. The van der Waals surface area contributed by atoms with Crippen LogP contribution in [0.5, 0.6) is 5.75 Å². The molecule has 1 unspecified atom stereocenters. The molecule has 16 heavy (non-hydrogen) atoms. The number of hydrogen-bond acceptors (Lipinski definition) is 3. The van der Waals surface area contributed by atoms with E-state index in [0.717, 1.165) is 37.3 Å². The Bertz CT molecular complexity index is 363. The van der Waals surface area contributed by atoms with E-state index in [4.69, 9.17) is 4.74 Å². The van der Waals surface area contributed by atoms with Crippen LogP contribution in [0, 0.1) is 0 Å². The number of fused-ring (bicyclic) bond motifs is 1. The van der Waals surface area contributed by atoms with Gasteiger partial charge in [-0.1, -0.05) is 18.2 Å². The monoisotopic (exact) mass is 221 g/mol. The van der Waals surface area contributed by atoms with Gasteiger partial charge < -0.3 is 14.7 Å². The van der Waals surface area contributed by atoms with E-state index in [9.17, 15) is 5.11 Å². The van der Waals surface area contributed by atoms with Crippen molar-refractivity contribution in [2.24, 2.45) is 0 Å². The van der Waals surface area contributed by atoms with Crippen LogP contribution in [0.3, 0.4) is 0 Å². The molecule has 0 fully saturated rings. The highest BCUT2D eigenvalue weighted by atomic mass is 16.5. The molecule has 1 aromatic rings. The molecule has 1 aromatic carbocycles. The number of aliphatic hydroxyl groups is 1. The summed E-state index contributed by atoms with van der Waals surface area (Å²) < 4.78 is 5.58. The van der Waals surface area contributed by atoms with Crippen molar-refractivity contribution < 1.29 is 9.84 Å². The van der Waals surface area contributed by atoms with E-state index in [0.29, 0.717) is 0 Å². The van der Waals surface area contributed by atoms with Crippen molar-refractivity contribution in [1.82, 2.24) is 4.90 Å². The van der Waals surface area contributed by atoms with Gasteiger partial charge in [-0.25, -0.2) is 0 Å². The van der Waals surface area contributed by atoms with Crippen LogP contribution < -0.4 is 4.74 Å². The van der Waals surface area contributed by atoms with Gasteiger partial charge in [-0.05, 0) is 26.1 Å². The van der Waals surface area contributed by atoms with Crippen LogP contribution in [0.4, 0.5) is 0 Å². The van der Waals surface area contributed by atoms with E-state index < -0.39 is 6.10 Å². The molecule has 0 radical (unpaired) electrons. The van der Waals surface area contributed by atoms with Gasteiger partial charge in [-0.15, -0.1) is 0 Å². The van der Waals surface area contributed by atoms with Crippen molar-refractivity contribution in [3.63, 3.8) is 0 Å². The fourth-order valence-electron chi connectivity index (χ4n) is 2.04. The van der Waals surface area contributed by atoms with E-state index in [1.54, 1.807) is 0 Å². The molecule has 2 rings (SSSR count). The molecule has 0 saturated heterocycles. The summed E-state index contributed by atoms with van der Waals surface area (Å²) in [7, 11) is 4.03. The number of nitrogens with zero attached hydrogens (tertiary/aromatic N) is 1. The molecule has 0 bridgehead atoms. The van der Waals surface area contributed by atoms with Crippen LogP contribution in [-0.4, -0.2) is 37.3 Å². The van der Waals surface area contributed by atoms with Crippen LogP contribution in [0.1, 0.15) is 23.7 Å². The first-order valence-electron chi connectivity index (χ1n) is 5.76. The third kappa shape index (κ3) is 2.36. The van der Waals surface area contributed by atoms with Gasteiger partial charge in [0, 0.05) is 18.5 Å². The zero-order valence-corrected chi connectivity index (χ0v) is 9.94. The van der Waals surface area contributed by atoms with Crippen LogP contribution >= 0.6 is 0 Å². The standard InChI is InChI=1S/C13H19NO2/c1-14(2)8-6-12(15)11-5-3-4-10-7-9-16-13(10)11/h3-5,12,15H,6-9H2,1-2H3. The molecule has 1 atom stereocenters. The fraction of sp³-hybridized carbons (Fsp3) is 0.538. The summed E-state index contributed by atoms with van der Waals surface area (Å²) in [5.74, 6) is 0.911. The van der Waals surface area contributed by atoms with E-state index >= 15 is 0 Å². The Kier molecular flexibility index (Phi) is 3.46. The van der Waals surface area contributed by atoms with Crippen molar-refractivity contribution >= 4 is 0 Å². The van der Waals surface area contributed by atoms with Crippen molar-refractivity contribution in [2.45, 2.75) is 18.9 Å². The minimum atomic E-state index is -0.421. The van der Waals surface area contributed by atoms with Crippen LogP contribution in [0.2, 0.25) is 0 Å². The predicted molar refractivity (Wildman–Crippen MR) is 63.8 cm³/mol. The molecule has 1 heterocycles. The number of para-hydroxylation sites is 1. The van der Waals surface area contributed by atoms with Gasteiger partial charge in [0.1, 0.15) is 5.75 Å². The SMILES string of the molecule is CN(C)CCC(O)c1cccc2c1OCC2. The summed E-state index contributed by atoms with van der Waals surface area (Å²) in [5.41, 5.74) is 2.17. The maximum atomic E-state index is 10.1. The molecule has 0 saturated carbocycles. The Labute approximate surface area is 96.6 Å². The minimum Gasteiger partial charge on any atom is -0.493 e. The second-order valence-corrected chi connectivity index (χ2v) is 4.54. The largest absolute Gasteiger partial charge is 0.493 e. The van der Waals surface area contributed by atoms with E-state index in [1.807, 2.05) is 26.2 Å². The normalized spacial score (nSPS) is 16.0. The van der Waals surface area contributed by atoms with E-state index in [1.165, 1.54) is 5.56 Å². The number of benzene rings is 1. The van der Waals surface area contributed by atoms with Crippen molar-refractivity contribution in [3.8, 4) is 5.75 Å². The third-order valence-electron chi connectivity index (χ3n) is 2.95. The summed E-state index contributed by atoms with van der Waals surface area (Å²) in [6.45, 7) is 1.62. The van der Waals surface area contributed by atoms with E-state index in [2.05, 4.69) is 11.0 Å². The van der Waals surface area contributed by atoms with Gasteiger partial charge in [0.15, 0.2) is 0 Å². The zero-order chi connectivity index (χ0) is 11.5. The summed E-state index contributed by atoms with van der Waals surface area (Å²) in [4.78, 5) is 2.08. The molecule has 0 amide bonds. The topological polar surface area (TPSA) is 32.7 Å². The average molecular weight is 221 g/mol. The van der Waals surface area contributed by atoms with Crippen molar-refractivity contribution in [3.05, 3.63) is 29.3 Å². The summed E-state index contributed by atoms with van der Waals surface area (Å²) in [6, 6.07) is 6.04. The van der Waals surface area contributed by atoms with Gasteiger partial charge in [0.2, 0.25) is 0 Å². The Hall–Kier alpha value is -1.06. The lowest BCUT2D eigenvalue weighted by molar-refractivity contribution is 0.150. The molecule has 1 aliphatic heterocycles. The van der Waals surface area contributed by atoms with Crippen LogP contribution in [0.25, 0.3) is 0 Å². The van der Waals surface area contributed by atoms with Gasteiger partial charge in [-0.3, -0.25) is 0 Å². The smallest absolute Gasteiger partial charge is 0.128 e. The first kappa shape index (κ1) is 11.4. The molecular formula is C13H19NO2. The van der Waals surface area contributed by atoms with Crippen molar-refractivity contribution in [1.29, 1.82) is 0 Å². The van der Waals surface area contributed by atoms with Gasteiger partial charge >= 0.3 is 0 Å². The Balaban J connectivity index is 2.11. The molecular weight excluding hydrogens is 202 g/mol. The van der Waals surface area contributed by atoms with E-state index in [-0.39, 0.29) is 0 Å². The second kappa shape index (κ2) is 4.85. The highest BCUT2D eigenvalue weighted by Crippen LogP contribution is 2.34. The average Bonchev–Trinajstić information content (AvgIpc) is 2.73. The first-order chi connectivity index (χ1) is 7.68. The summed E-state index contributed by atoms with van der Waals surface area (Å²) >= 11 is 0. The summed E-state index contributed by atoms with van der Waals surface area (Å²) in [5, 5.41) is 10.1. The highest BCUT2D eigenvalue weighted by molar-refractivity contribution is 5.45. The fourth-order valence-corrected chi connectivity index (χ4v) is 2.04. The Morgan fingerprint density at radius 1 is 1.44 bits per heavy atom. The lowest BCUT2D eigenvalue weighted by atomic mass is 10.0. The molecule has 0 aliphatic carbocycles. The molecule has 0 aromatic heterocycles. The number of aliphatic hydroxyl groups excluding tert-OH is 1. The van der Waals surface area contributed by atoms with Crippen LogP contribution in [0.15, 0.2) is 18.2 Å².